The largest absolute Gasteiger partial charge is 0.484 e. The highest BCUT2D eigenvalue weighted by molar-refractivity contribution is 5.87. The molecule has 2 atom stereocenters. The molecule has 42 heavy (non-hydrogen) atoms. The number of likely N-dealkylation sites (tertiary alicyclic amines) is 1. The van der Waals surface area contributed by atoms with Crippen molar-refractivity contribution in [3.8, 4) is 11.8 Å². The zero-order chi connectivity index (χ0) is 29.8. The molecule has 5 rings (SSSR count). The Kier molecular flexibility index (Phi) is 8.96. The summed E-state index contributed by atoms with van der Waals surface area (Å²) < 4.78 is 12.8. The van der Waals surface area contributed by atoms with E-state index in [1.165, 1.54) is 6.08 Å². The van der Waals surface area contributed by atoms with Crippen LogP contribution in [0.1, 0.15) is 43.9 Å². The van der Waals surface area contributed by atoms with Crippen LogP contribution in [0.25, 0.3) is 10.9 Å². The number of likely N-dealkylation sites (N-methyl/N-ethyl adjacent to an activating group) is 2. The Balaban J connectivity index is 1.54. The first-order valence-corrected chi connectivity index (χ1v) is 14.6. The van der Waals surface area contributed by atoms with E-state index in [4.69, 9.17) is 19.4 Å². The summed E-state index contributed by atoms with van der Waals surface area (Å²) in [5.74, 6) is 1.71. The van der Waals surface area contributed by atoms with Crippen LogP contribution >= 0.6 is 0 Å². The van der Waals surface area contributed by atoms with Gasteiger partial charge in [0.05, 0.1) is 17.8 Å². The van der Waals surface area contributed by atoms with Crippen LogP contribution in [-0.4, -0.2) is 90.5 Å². The Hall–Kier alpha value is -4.12. The van der Waals surface area contributed by atoms with Gasteiger partial charge in [0.1, 0.15) is 13.2 Å². The number of amides is 1. The molecule has 2 aliphatic heterocycles. The van der Waals surface area contributed by atoms with Crippen LogP contribution in [0.3, 0.4) is 0 Å². The first-order valence-electron chi connectivity index (χ1n) is 14.6. The second kappa shape index (κ2) is 12.8. The van der Waals surface area contributed by atoms with Gasteiger partial charge in [0.15, 0.2) is 11.6 Å². The fourth-order valence-electron chi connectivity index (χ4n) is 5.74. The van der Waals surface area contributed by atoms with Gasteiger partial charge in [-0.05, 0) is 70.5 Å². The smallest absolute Gasteiger partial charge is 0.320 e. The summed E-state index contributed by atoms with van der Waals surface area (Å²) in [5.41, 5.74) is 4.46. The molecule has 224 valence electrons. The van der Waals surface area contributed by atoms with Crippen molar-refractivity contribution in [2.24, 2.45) is 0 Å². The molecule has 1 saturated heterocycles. The number of anilines is 2. The van der Waals surface area contributed by atoms with Crippen LogP contribution in [0.15, 0.2) is 42.6 Å². The SMILES string of the molecule is C=CC(=O)NCCN(C/C(C)=C\C)c1nc(OC[C@@H]2CCCN2C)nc2c1OCC(c1c(C)ccc3[nH]ncc13)N2C. The fraction of sp³-hybridized carbons (Fsp3) is 0.484. The summed E-state index contributed by atoms with van der Waals surface area (Å²) in [6.45, 7) is 13.3. The number of carbonyl (C=O) groups excluding carboxylic acids is 1. The van der Waals surface area contributed by atoms with Crippen LogP contribution in [0.5, 0.6) is 11.8 Å². The van der Waals surface area contributed by atoms with Gasteiger partial charge in [-0.25, -0.2) is 0 Å². The van der Waals surface area contributed by atoms with E-state index in [-0.39, 0.29) is 11.9 Å². The molecule has 0 aliphatic carbocycles. The molecule has 0 radical (unpaired) electrons. The van der Waals surface area contributed by atoms with Gasteiger partial charge in [0.25, 0.3) is 0 Å². The first-order chi connectivity index (χ1) is 20.3. The molecule has 2 N–H and O–H groups in total. The number of aromatic nitrogens is 4. The molecule has 0 spiro atoms. The Bertz CT molecular complexity index is 1470. The van der Waals surface area contributed by atoms with Gasteiger partial charge in [0.2, 0.25) is 11.7 Å². The third kappa shape index (κ3) is 6.06. The molecule has 3 aromatic rings. The standard InChI is InChI=1S/C31H42N8O3/c1-7-20(3)17-39(15-13-32-26(40)8-2)30-28-29(34-31(35-30)42-18-22-10-9-14-37(22)5)38(6)25(19-41-28)27-21(4)11-12-24-23(27)16-33-36-24/h7-8,11-12,16,22,25H,2,9-10,13-15,17-19H2,1,3-6H3,(H,32,40)(H,33,36)/b20-7-/t22-,25?/m0/s1. The van der Waals surface area contributed by atoms with Gasteiger partial charge in [-0.3, -0.25) is 9.89 Å². The van der Waals surface area contributed by atoms with Gasteiger partial charge < -0.3 is 29.5 Å². The zero-order valence-corrected chi connectivity index (χ0v) is 25.3. The molecule has 1 amide bonds. The monoisotopic (exact) mass is 574 g/mol. The van der Waals surface area contributed by atoms with E-state index in [9.17, 15) is 4.79 Å². The number of fused-ring (bicyclic) bond motifs is 2. The summed E-state index contributed by atoms with van der Waals surface area (Å²) in [5, 5.41) is 11.3. The second-order valence-electron chi connectivity index (χ2n) is 11.2. The molecular weight excluding hydrogens is 532 g/mol. The van der Waals surface area contributed by atoms with E-state index < -0.39 is 0 Å². The van der Waals surface area contributed by atoms with Crippen molar-refractivity contribution < 1.29 is 14.3 Å². The van der Waals surface area contributed by atoms with Crippen LogP contribution in [0.2, 0.25) is 0 Å². The lowest BCUT2D eigenvalue weighted by Crippen LogP contribution is -2.39. The number of allylic oxidation sites excluding steroid dienone is 1. The molecule has 11 heteroatoms. The topological polar surface area (TPSA) is 112 Å². The van der Waals surface area contributed by atoms with E-state index in [0.29, 0.717) is 62.3 Å². The van der Waals surface area contributed by atoms with Crippen molar-refractivity contribution >= 4 is 28.4 Å². The number of H-pyrrole nitrogens is 1. The number of hydrogen-bond acceptors (Lipinski definition) is 9. The van der Waals surface area contributed by atoms with Crippen molar-refractivity contribution in [3.05, 3.63) is 53.8 Å². The Morgan fingerprint density at radius 2 is 2.17 bits per heavy atom. The van der Waals surface area contributed by atoms with E-state index >= 15 is 0 Å². The van der Waals surface area contributed by atoms with Crippen LogP contribution in [0, 0.1) is 6.92 Å². The molecular formula is C31H42N8O3. The predicted molar refractivity (Wildman–Crippen MR) is 165 cm³/mol. The zero-order valence-electron chi connectivity index (χ0n) is 25.3. The number of rotatable bonds is 11. The van der Waals surface area contributed by atoms with Crippen molar-refractivity contribution in [1.29, 1.82) is 0 Å². The van der Waals surface area contributed by atoms with Crippen LogP contribution in [0.4, 0.5) is 11.6 Å². The number of ether oxygens (including phenoxy) is 2. The molecule has 0 saturated carbocycles. The summed E-state index contributed by atoms with van der Waals surface area (Å²) >= 11 is 0. The summed E-state index contributed by atoms with van der Waals surface area (Å²) in [4.78, 5) is 28.3. The van der Waals surface area contributed by atoms with Gasteiger partial charge >= 0.3 is 6.01 Å². The van der Waals surface area contributed by atoms with E-state index in [1.807, 2.05) is 20.2 Å². The number of benzene rings is 1. The molecule has 1 unspecified atom stereocenters. The number of hydrogen-bond donors (Lipinski definition) is 2. The lowest BCUT2D eigenvalue weighted by Gasteiger charge is -2.38. The lowest BCUT2D eigenvalue weighted by atomic mass is 9.96. The Labute approximate surface area is 247 Å². The number of aryl methyl sites for hydroxylation is 1. The number of aromatic amines is 1. The average molecular weight is 575 g/mol. The summed E-state index contributed by atoms with van der Waals surface area (Å²) in [6, 6.07) is 4.71. The van der Waals surface area contributed by atoms with E-state index in [2.05, 4.69) is 75.9 Å². The van der Waals surface area contributed by atoms with Gasteiger partial charge in [-0.1, -0.05) is 24.3 Å². The van der Waals surface area contributed by atoms with E-state index in [0.717, 1.165) is 47.0 Å². The van der Waals surface area contributed by atoms with Crippen molar-refractivity contribution in [3.63, 3.8) is 0 Å². The quantitative estimate of drug-likeness (QED) is 0.261. The van der Waals surface area contributed by atoms with Gasteiger partial charge in [-0.2, -0.15) is 15.1 Å². The van der Waals surface area contributed by atoms with Crippen molar-refractivity contribution in [2.45, 2.75) is 45.7 Å². The Morgan fingerprint density at radius 1 is 1.33 bits per heavy atom. The fourth-order valence-corrected chi connectivity index (χ4v) is 5.74. The molecule has 1 aromatic carbocycles. The minimum absolute atomic E-state index is 0.0898. The van der Waals surface area contributed by atoms with Crippen molar-refractivity contribution in [1.82, 2.24) is 30.4 Å². The third-order valence-electron chi connectivity index (χ3n) is 8.39. The summed E-state index contributed by atoms with van der Waals surface area (Å²) in [7, 11) is 4.17. The lowest BCUT2D eigenvalue weighted by molar-refractivity contribution is -0.116. The normalized spacial score (nSPS) is 19.0. The molecule has 4 heterocycles. The second-order valence-corrected chi connectivity index (χ2v) is 11.2. The first kappa shape index (κ1) is 29.4. The number of carbonyl (C=O) groups is 1. The maximum Gasteiger partial charge on any atom is 0.320 e. The molecule has 2 aromatic heterocycles. The third-order valence-corrected chi connectivity index (χ3v) is 8.39. The number of nitrogens with zero attached hydrogens (tertiary/aromatic N) is 6. The molecule has 0 bridgehead atoms. The maximum absolute atomic E-state index is 11.9. The minimum atomic E-state index is -0.213. The Morgan fingerprint density at radius 3 is 2.90 bits per heavy atom. The molecule has 11 nitrogen and oxygen atoms in total. The van der Waals surface area contributed by atoms with Gasteiger partial charge in [-0.15, -0.1) is 0 Å². The van der Waals surface area contributed by atoms with Crippen LogP contribution in [-0.2, 0) is 4.79 Å². The maximum atomic E-state index is 11.9. The van der Waals surface area contributed by atoms with Crippen molar-refractivity contribution in [2.75, 3.05) is 63.3 Å². The predicted octanol–water partition coefficient (Wildman–Crippen LogP) is 3.78. The number of nitrogens with one attached hydrogen (secondary N) is 2. The highest BCUT2D eigenvalue weighted by Gasteiger charge is 2.35. The highest BCUT2D eigenvalue weighted by atomic mass is 16.5. The van der Waals surface area contributed by atoms with Crippen LogP contribution < -0.4 is 24.6 Å². The van der Waals surface area contributed by atoms with E-state index in [1.54, 1.807) is 0 Å². The highest BCUT2D eigenvalue weighted by Crippen LogP contribution is 2.45. The molecule has 2 aliphatic rings. The minimum Gasteiger partial charge on any atom is -0.484 e. The summed E-state index contributed by atoms with van der Waals surface area (Å²) in [6.07, 6.45) is 7.47. The molecule has 1 fully saturated rings. The van der Waals surface area contributed by atoms with Gasteiger partial charge in [0, 0.05) is 38.1 Å². The average Bonchev–Trinajstić information content (AvgIpc) is 3.64.